The number of hydrogen-bond donors (Lipinski definition) is 1. The van der Waals surface area contributed by atoms with Crippen LogP contribution in [-0.4, -0.2) is 18.8 Å². The molecule has 73 valence electrons. The molecule has 0 aliphatic heterocycles. The third-order valence-corrected chi connectivity index (χ3v) is 1.63. The Labute approximate surface area is 76.6 Å². The van der Waals surface area contributed by atoms with Gasteiger partial charge in [0.15, 0.2) is 0 Å². The molecule has 12 heavy (non-hydrogen) atoms. The molecule has 1 saturated carbocycles. The van der Waals surface area contributed by atoms with Crippen LogP contribution >= 0.6 is 0 Å². The summed E-state index contributed by atoms with van der Waals surface area (Å²) in [7, 11) is 0.750. The zero-order valence-corrected chi connectivity index (χ0v) is 8.09. The summed E-state index contributed by atoms with van der Waals surface area (Å²) in [5.41, 5.74) is 0. The van der Waals surface area contributed by atoms with Crippen LogP contribution in [0.5, 0.6) is 0 Å². The number of hydrogen-bond acceptors (Lipinski definition) is 1. The zero-order chi connectivity index (χ0) is 9.82. The highest BCUT2D eigenvalue weighted by Crippen LogP contribution is 2.22. The maximum Gasteiger partial charge on any atom is 0.0712 e. The summed E-state index contributed by atoms with van der Waals surface area (Å²) < 4.78 is 0. The van der Waals surface area contributed by atoms with E-state index in [1.54, 1.807) is 0 Å². The van der Waals surface area contributed by atoms with Crippen LogP contribution < -0.4 is 0 Å². The highest BCUT2D eigenvalue weighted by atomic mass is 16.3. The molecule has 1 N–H and O–H groups in total. The van der Waals surface area contributed by atoms with E-state index in [0.717, 1.165) is 13.0 Å². The van der Waals surface area contributed by atoms with Gasteiger partial charge in [-0.05, 0) is 12.3 Å². The van der Waals surface area contributed by atoms with E-state index in [4.69, 9.17) is 10.2 Å². The Kier molecular flexibility index (Phi) is 16.3. The first-order valence-electron chi connectivity index (χ1n) is 4.45. The minimum atomic E-state index is 0.208. The lowest BCUT2D eigenvalue weighted by molar-refractivity contribution is 0.282. The van der Waals surface area contributed by atoms with Gasteiger partial charge < -0.3 is 5.11 Å². The first kappa shape index (κ1) is 14.4. The molecular formula is C10H21O2. The fourth-order valence-corrected chi connectivity index (χ4v) is 1.01. The monoisotopic (exact) mass is 173 g/mol. The first-order chi connectivity index (χ1) is 5.81. The molecule has 1 rings (SSSR count). The maximum atomic E-state index is 8.25. The van der Waals surface area contributed by atoms with Crippen molar-refractivity contribution in [2.24, 2.45) is 5.92 Å². The summed E-state index contributed by atoms with van der Waals surface area (Å²) in [5, 5.41) is 16.1. The third kappa shape index (κ3) is 12.6. The average molecular weight is 173 g/mol. The van der Waals surface area contributed by atoms with Crippen molar-refractivity contribution in [2.75, 3.05) is 13.7 Å². The van der Waals surface area contributed by atoms with Crippen LogP contribution in [0, 0.1) is 19.8 Å². The average Bonchev–Trinajstić information content (AvgIpc) is 2.60. The molecule has 0 atom stereocenters. The Morgan fingerprint density at radius 3 is 1.75 bits per heavy atom. The highest BCUT2D eigenvalue weighted by molar-refractivity contribution is 4.67. The summed E-state index contributed by atoms with van der Waals surface area (Å²) in [6, 6.07) is 0. The lowest BCUT2D eigenvalue weighted by Crippen LogP contribution is -1.79. The third-order valence-electron chi connectivity index (χ3n) is 1.63. The number of aliphatic hydroxyl groups is 1. The minimum absolute atomic E-state index is 0.208. The summed E-state index contributed by atoms with van der Waals surface area (Å²) in [5.74, 6) is 0.796. The van der Waals surface area contributed by atoms with Gasteiger partial charge >= 0.3 is 0 Å². The largest absolute Gasteiger partial charge is 0.396 e. The molecule has 0 spiro atoms. The van der Waals surface area contributed by atoms with Crippen LogP contribution in [0.15, 0.2) is 0 Å². The molecule has 2 nitrogen and oxygen atoms in total. The van der Waals surface area contributed by atoms with Crippen LogP contribution in [0.2, 0.25) is 0 Å². The standard InChI is InChI=1S/C6H11.C3H7O.CH3O/c1-6-4-2-3-5-6;1-2-3-4;1-2/h6H,1-5H2;4H,1-3H2;1H3. The van der Waals surface area contributed by atoms with Gasteiger partial charge in [-0.1, -0.05) is 39.5 Å². The molecule has 2 heteroatoms. The molecule has 0 aromatic rings. The SMILES string of the molecule is C[O].[CH2]C1CCCC1.[CH2]CCO. The molecule has 1 aliphatic rings. The Hall–Kier alpha value is -0.0800. The molecule has 0 saturated heterocycles. The highest BCUT2D eigenvalue weighted by Gasteiger charge is 2.07. The van der Waals surface area contributed by atoms with E-state index >= 15 is 0 Å². The number of rotatable bonds is 1. The van der Waals surface area contributed by atoms with E-state index in [9.17, 15) is 0 Å². The quantitative estimate of drug-likeness (QED) is 0.649. The fraction of sp³-hybridized carbons (Fsp3) is 0.800. The molecule has 0 bridgehead atoms. The second kappa shape index (κ2) is 13.5. The smallest absolute Gasteiger partial charge is 0.0712 e. The van der Waals surface area contributed by atoms with E-state index in [1.165, 1.54) is 25.7 Å². The van der Waals surface area contributed by atoms with Gasteiger partial charge in [-0.2, -0.15) is 0 Å². The Bertz CT molecular complexity index is 56.9. The van der Waals surface area contributed by atoms with Crippen LogP contribution in [0.4, 0.5) is 0 Å². The van der Waals surface area contributed by atoms with Crippen molar-refractivity contribution in [2.45, 2.75) is 32.1 Å². The normalized spacial score (nSPS) is 15.8. The van der Waals surface area contributed by atoms with Crippen LogP contribution in [0.1, 0.15) is 32.1 Å². The van der Waals surface area contributed by atoms with Crippen molar-refractivity contribution in [3.8, 4) is 0 Å². The van der Waals surface area contributed by atoms with Gasteiger partial charge in [0, 0.05) is 6.61 Å². The molecule has 0 aromatic heterocycles. The van der Waals surface area contributed by atoms with Crippen molar-refractivity contribution in [1.29, 1.82) is 0 Å². The van der Waals surface area contributed by atoms with Gasteiger partial charge in [0.25, 0.3) is 0 Å². The van der Waals surface area contributed by atoms with Crippen molar-refractivity contribution >= 4 is 0 Å². The molecule has 3 radical (unpaired) electrons. The van der Waals surface area contributed by atoms with Crippen molar-refractivity contribution in [1.82, 2.24) is 0 Å². The Morgan fingerprint density at radius 1 is 1.33 bits per heavy atom. The number of aliphatic hydroxyl groups excluding tert-OH is 1. The Balaban J connectivity index is 0. The van der Waals surface area contributed by atoms with Crippen molar-refractivity contribution in [3.63, 3.8) is 0 Å². The summed E-state index contributed by atoms with van der Waals surface area (Å²) in [6.07, 6.45) is 6.22. The van der Waals surface area contributed by atoms with Gasteiger partial charge in [-0.15, -0.1) is 0 Å². The molecule has 1 aliphatic carbocycles. The van der Waals surface area contributed by atoms with E-state index in [-0.39, 0.29) is 6.61 Å². The second-order valence-electron chi connectivity index (χ2n) is 2.73. The van der Waals surface area contributed by atoms with Gasteiger partial charge in [0.1, 0.15) is 0 Å². The molecule has 1 fully saturated rings. The molecule has 0 aromatic carbocycles. The molecule has 0 unspecified atom stereocenters. The summed E-state index contributed by atoms with van der Waals surface area (Å²) >= 11 is 0. The minimum Gasteiger partial charge on any atom is -0.396 e. The van der Waals surface area contributed by atoms with Crippen molar-refractivity contribution < 1.29 is 10.2 Å². The molecule has 0 heterocycles. The van der Waals surface area contributed by atoms with Gasteiger partial charge in [-0.25, -0.2) is 5.11 Å². The molecular weight excluding hydrogens is 152 g/mol. The van der Waals surface area contributed by atoms with Crippen LogP contribution in [-0.2, 0) is 5.11 Å². The zero-order valence-electron chi connectivity index (χ0n) is 8.09. The van der Waals surface area contributed by atoms with E-state index in [2.05, 4.69) is 13.8 Å². The second-order valence-corrected chi connectivity index (χ2v) is 2.73. The summed E-state index contributed by atoms with van der Waals surface area (Å²) in [6.45, 7) is 7.50. The first-order valence-corrected chi connectivity index (χ1v) is 4.45. The van der Waals surface area contributed by atoms with Gasteiger partial charge in [0.2, 0.25) is 0 Å². The van der Waals surface area contributed by atoms with E-state index in [1.807, 2.05) is 0 Å². The van der Waals surface area contributed by atoms with E-state index in [0.29, 0.717) is 6.42 Å². The predicted octanol–water partition coefficient (Wildman–Crippen LogP) is 2.26. The summed E-state index contributed by atoms with van der Waals surface area (Å²) in [4.78, 5) is 0. The van der Waals surface area contributed by atoms with Gasteiger partial charge in [0.05, 0.1) is 7.11 Å². The fourth-order valence-electron chi connectivity index (χ4n) is 1.01. The molecule has 0 amide bonds. The maximum absolute atomic E-state index is 8.25. The van der Waals surface area contributed by atoms with Crippen LogP contribution in [0.3, 0.4) is 0 Å². The van der Waals surface area contributed by atoms with E-state index < -0.39 is 0 Å². The lowest BCUT2D eigenvalue weighted by atomic mass is 10.2. The topological polar surface area (TPSA) is 40.1 Å². The van der Waals surface area contributed by atoms with Crippen molar-refractivity contribution in [3.05, 3.63) is 13.8 Å². The predicted molar refractivity (Wildman–Crippen MR) is 51.0 cm³/mol. The van der Waals surface area contributed by atoms with Crippen LogP contribution in [0.25, 0.3) is 0 Å². The Morgan fingerprint density at radius 2 is 1.67 bits per heavy atom. The van der Waals surface area contributed by atoms with Gasteiger partial charge in [-0.3, -0.25) is 0 Å². The lowest BCUT2D eigenvalue weighted by Gasteiger charge is -1.91.